The third-order valence-electron chi connectivity index (χ3n) is 5.68. The van der Waals surface area contributed by atoms with Crippen LogP contribution in [0.2, 0.25) is 0 Å². The topological polar surface area (TPSA) is 91.8 Å². The number of sulfone groups is 1. The Morgan fingerprint density at radius 2 is 1.90 bits per heavy atom. The molecule has 0 bridgehead atoms. The summed E-state index contributed by atoms with van der Waals surface area (Å²) in [6.45, 7) is 4.73. The molecule has 0 N–H and O–H groups in total. The van der Waals surface area contributed by atoms with Gasteiger partial charge in [0.1, 0.15) is 5.82 Å². The fourth-order valence-electron chi connectivity index (χ4n) is 4.19. The van der Waals surface area contributed by atoms with E-state index >= 15 is 0 Å². The summed E-state index contributed by atoms with van der Waals surface area (Å²) >= 11 is 0. The summed E-state index contributed by atoms with van der Waals surface area (Å²) in [5.41, 5.74) is 0. The Bertz CT molecular complexity index is 977. The summed E-state index contributed by atoms with van der Waals surface area (Å²) in [5, 5.41) is 0. The van der Waals surface area contributed by atoms with E-state index in [1.54, 1.807) is 4.90 Å². The molecular formula is C20H29FN2O5S2. The van der Waals surface area contributed by atoms with Crippen LogP contribution in [-0.4, -0.2) is 69.1 Å². The van der Waals surface area contributed by atoms with Crippen LogP contribution < -0.4 is 0 Å². The largest absolute Gasteiger partial charge is 0.338 e. The van der Waals surface area contributed by atoms with E-state index in [9.17, 15) is 26.0 Å². The molecule has 1 amide bonds. The van der Waals surface area contributed by atoms with E-state index in [1.807, 2.05) is 13.8 Å². The Hall–Kier alpha value is -1.52. The molecule has 0 radical (unpaired) electrons. The van der Waals surface area contributed by atoms with E-state index in [0.717, 1.165) is 12.1 Å². The van der Waals surface area contributed by atoms with Gasteiger partial charge in [-0.15, -0.1) is 0 Å². The standard InChI is InChI=1S/C20H29FN2O5S2/c1-15(2)12-23(18-9-11-29(25,26)14-18)20(24)16-4-3-10-22(13-16)30(27,28)19-7-5-17(21)6-8-19/h5-8,15-16,18H,3-4,9-14H2,1-2H3/t16-,18-/m0/s1. The number of amides is 1. The number of benzene rings is 1. The van der Waals surface area contributed by atoms with Gasteiger partial charge in [-0.1, -0.05) is 13.8 Å². The van der Waals surface area contributed by atoms with Gasteiger partial charge in [0.05, 0.1) is 22.3 Å². The van der Waals surface area contributed by atoms with Crippen LogP contribution in [0, 0.1) is 17.7 Å². The second kappa shape index (κ2) is 8.92. The molecule has 7 nitrogen and oxygen atoms in total. The molecule has 0 spiro atoms. The second-order valence-electron chi connectivity index (χ2n) is 8.60. The molecule has 0 saturated carbocycles. The van der Waals surface area contributed by atoms with Crippen molar-refractivity contribution >= 4 is 25.8 Å². The zero-order chi connectivity index (χ0) is 22.1. The van der Waals surface area contributed by atoms with Gasteiger partial charge in [0.2, 0.25) is 15.9 Å². The molecule has 2 heterocycles. The van der Waals surface area contributed by atoms with Crippen LogP contribution in [0.4, 0.5) is 4.39 Å². The number of hydrogen-bond donors (Lipinski definition) is 0. The molecule has 2 saturated heterocycles. The number of halogens is 1. The molecule has 3 rings (SSSR count). The van der Waals surface area contributed by atoms with Crippen LogP contribution in [0.3, 0.4) is 0 Å². The molecule has 2 atom stereocenters. The van der Waals surface area contributed by atoms with Crippen molar-refractivity contribution in [1.82, 2.24) is 9.21 Å². The van der Waals surface area contributed by atoms with Gasteiger partial charge in [0.15, 0.2) is 9.84 Å². The normalized spacial score (nSPS) is 24.8. The zero-order valence-electron chi connectivity index (χ0n) is 17.3. The lowest BCUT2D eigenvalue weighted by molar-refractivity contribution is -0.139. The predicted molar refractivity (Wildman–Crippen MR) is 111 cm³/mol. The molecule has 30 heavy (non-hydrogen) atoms. The Balaban J connectivity index is 1.78. The summed E-state index contributed by atoms with van der Waals surface area (Å²) in [7, 11) is -6.98. The molecule has 0 unspecified atom stereocenters. The van der Waals surface area contributed by atoms with E-state index < -0.39 is 31.6 Å². The van der Waals surface area contributed by atoms with E-state index in [1.165, 1.54) is 16.4 Å². The van der Waals surface area contributed by atoms with Crippen molar-refractivity contribution in [2.24, 2.45) is 11.8 Å². The van der Waals surface area contributed by atoms with Gasteiger partial charge in [-0.3, -0.25) is 4.79 Å². The first-order valence-corrected chi connectivity index (χ1v) is 13.5. The Morgan fingerprint density at radius 1 is 1.23 bits per heavy atom. The maximum atomic E-state index is 13.3. The molecule has 2 aliphatic rings. The quantitative estimate of drug-likeness (QED) is 0.647. The van der Waals surface area contributed by atoms with Crippen molar-refractivity contribution in [2.45, 2.75) is 44.0 Å². The first-order valence-electron chi connectivity index (χ1n) is 10.3. The van der Waals surface area contributed by atoms with Gasteiger partial charge >= 0.3 is 0 Å². The molecule has 1 aromatic rings. The van der Waals surface area contributed by atoms with Gasteiger partial charge in [-0.25, -0.2) is 21.2 Å². The maximum Gasteiger partial charge on any atom is 0.243 e. The van der Waals surface area contributed by atoms with E-state index in [-0.39, 0.29) is 40.8 Å². The average molecular weight is 461 g/mol. The van der Waals surface area contributed by atoms with Crippen molar-refractivity contribution in [3.05, 3.63) is 30.1 Å². The monoisotopic (exact) mass is 460 g/mol. The summed E-state index contributed by atoms with van der Waals surface area (Å²) in [4.78, 5) is 15.0. The lowest BCUT2D eigenvalue weighted by atomic mass is 9.96. The van der Waals surface area contributed by atoms with Gasteiger partial charge < -0.3 is 4.90 Å². The highest BCUT2D eigenvalue weighted by molar-refractivity contribution is 7.91. The zero-order valence-corrected chi connectivity index (χ0v) is 19.0. The fraction of sp³-hybridized carbons (Fsp3) is 0.650. The number of rotatable bonds is 6. The highest BCUT2D eigenvalue weighted by Gasteiger charge is 2.40. The molecule has 2 aliphatic heterocycles. The van der Waals surface area contributed by atoms with Crippen molar-refractivity contribution in [3.8, 4) is 0 Å². The minimum atomic E-state index is -3.83. The van der Waals surface area contributed by atoms with E-state index in [4.69, 9.17) is 0 Å². The minimum absolute atomic E-state index is 0.00192. The van der Waals surface area contributed by atoms with Crippen molar-refractivity contribution in [2.75, 3.05) is 31.1 Å². The number of carbonyl (C=O) groups excluding carboxylic acids is 1. The lowest BCUT2D eigenvalue weighted by Crippen LogP contribution is -2.50. The fourth-order valence-corrected chi connectivity index (χ4v) is 7.44. The summed E-state index contributed by atoms with van der Waals surface area (Å²) < 4.78 is 64.3. The molecular weight excluding hydrogens is 431 g/mol. The summed E-state index contributed by atoms with van der Waals surface area (Å²) in [5.74, 6) is -0.998. The van der Waals surface area contributed by atoms with Crippen LogP contribution in [0.25, 0.3) is 0 Å². The van der Waals surface area contributed by atoms with Gasteiger partial charge in [0, 0.05) is 25.7 Å². The number of piperidine rings is 1. The second-order valence-corrected chi connectivity index (χ2v) is 12.8. The highest BCUT2D eigenvalue weighted by atomic mass is 32.2. The number of hydrogen-bond acceptors (Lipinski definition) is 5. The van der Waals surface area contributed by atoms with Crippen LogP contribution in [0.5, 0.6) is 0 Å². The summed E-state index contributed by atoms with van der Waals surface area (Å²) in [6.07, 6.45) is 1.52. The number of nitrogens with zero attached hydrogens (tertiary/aromatic N) is 2. The van der Waals surface area contributed by atoms with Crippen molar-refractivity contribution < 1.29 is 26.0 Å². The minimum Gasteiger partial charge on any atom is -0.338 e. The smallest absolute Gasteiger partial charge is 0.243 e. The number of sulfonamides is 1. The predicted octanol–water partition coefficient (Wildman–Crippen LogP) is 1.90. The van der Waals surface area contributed by atoms with Gasteiger partial charge in [-0.2, -0.15) is 4.31 Å². The SMILES string of the molecule is CC(C)CN(C(=O)[C@H]1CCCN(S(=O)(=O)c2ccc(F)cc2)C1)[C@H]1CCS(=O)(=O)C1. The Morgan fingerprint density at radius 3 is 2.47 bits per heavy atom. The van der Waals surface area contributed by atoms with Crippen LogP contribution in [-0.2, 0) is 24.7 Å². The van der Waals surface area contributed by atoms with Crippen LogP contribution in [0.15, 0.2) is 29.2 Å². The molecule has 2 fully saturated rings. The molecule has 10 heteroatoms. The third-order valence-corrected chi connectivity index (χ3v) is 9.31. The lowest BCUT2D eigenvalue weighted by Gasteiger charge is -2.37. The molecule has 168 valence electrons. The van der Waals surface area contributed by atoms with Crippen molar-refractivity contribution in [3.63, 3.8) is 0 Å². The van der Waals surface area contributed by atoms with Crippen LogP contribution in [0.1, 0.15) is 33.1 Å². The first-order chi connectivity index (χ1) is 14.0. The Kier molecular flexibility index (Phi) is 6.88. The highest BCUT2D eigenvalue weighted by Crippen LogP contribution is 2.28. The van der Waals surface area contributed by atoms with Crippen molar-refractivity contribution in [1.29, 1.82) is 0 Å². The first kappa shape index (κ1) is 23.1. The molecule has 1 aromatic carbocycles. The Labute approximate surface area is 178 Å². The number of carbonyl (C=O) groups is 1. The van der Waals surface area contributed by atoms with E-state index in [0.29, 0.717) is 32.4 Å². The summed E-state index contributed by atoms with van der Waals surface area (Å²) in [6, 6.07) is 4.30. The van der Waals surface area contributed by atoms with Gasteiger partial charge in [-0.05, 0) is 49.4 Å². The maximum absolute atomic E-state index is 13.3. The van der Waals surface area contributed by atoms with E-state index in [2.05, 4.69) is 0 Å². The molecule has 0 aliphatic carbocycles. The van der Waals surface area contributed by atoms with Gasteiger partial charge in [0.25, 0.3) is 0 Å². The third kappa shape index (κ3) is 5.20. The van der Waals surface area contributed by atoms with Crippen LogP contribution >= 0.6 is 0 Å². The molecule has 0 aromatic heterocycles. The average Bonchev–Trinajstić information content (AvgIpc) is 3.05.